The van der Waals surface area contributed by atoms with Gasteiger partial charge in [-0.15, -0.1) is 0 Å². The van der Waals surface area contributed by atoms with Gasteiger partial charge in [-0.1, -0.05) is 97.1 Å². The molecule has 0 unspecified atom stereocenters. The SMILES string of the molecule is CC1(C)C=Cc2c(OCc3ccccc3)c(Cc3ccccc3)c(O)c(C(=O)/C=C/c3ccccc3)c2O1. The molecule has 0 saturated heterocycles. The van der Waals surface area contributed by atoms with Crippen molar-refractivity contribution in [3.63, 3.8) is 0 Å². The molecule has 190 valence electrons. The van der Waals surface area contributed by atoms with Crippen LogP contribution in [-0.4, -0.2) is 16.5 Å². The van der Waals surface area contributed by atoms with Crippen molar-refractivity contribution in [3.05, 3.63) is 137 Å². The van der Waals surface area contributed by atoms with Crippen molar-refractivity contribution >= 4 is 17.9 Å². The smallest absolute Gasteiger partial charge is 0.193 e. The first-order valence-electron chi connectivity index (χ1n) is 12.7. The summed E-state index contributed by atoms with van der Waals surface area (Å²) in [6.07, 6.45) is 7.50. The number of ketones is 1. The number of carbonyl (C=O) groups excluding carboxylic acids is 1. The minimum Gasteiger partial charge on any atom is -0.507 e. The first-order valence-corrected chi connectivity index (χ1v) is 12.7. The first-order chi connectivity index (χ1) is 18.4. The van der Waals surface area contributed by atoms with E-state index in [0.29, 0.717) is 35.7 Å². The Hall–Kier alpha value is -4.57. The third-order valence-corrected chi connectivity index (χ3v) is 6.45. The summed E-state index contributed by atoms with van der Waals surface area (Å²) in [7, 11) is 0. The topological polar surface area (TPSA) is 55.8 Å². The van der Waals surface area contributed by atoms with E-state index < -0.39 is 5.60 Å². The maximum absolute atomic E-state index is 13.6. The summed E-state index contributed by atoms with van der Waals surface area (Å²) in [6.45, 7) is 4.15. The van der Waals surface area contributed by atoms with Crippen LogP contribution < -0.4 is 9.47 Å². The molecule has 4 heteroatoms. The summed E-state index contributed by atoms with van der Waals surface area (Å²) < 4.78 is 12.7. The quantitative estimate of drug-likeness (QED) is 0.199. The molecule has 38 heavy (non-hydrogen) atoms. The highest BCUT2D eigenvalue weighted by atomic mass is 16.5. The second kappa shape index (κ2) is 10.8. The Morgan fingerprint density at radius 3 is 2.16 bits per heavy atom. The molecule has 4 nitrogen and oxygen atoms in total. The lowest BCUT2D eigenvalue weighted by molar-refractivity contribution is 0.103. The molecule has 0 amide bonds. The Labute approximate surface area is 223 Å². The van der Waals surface area contributed by atoms with Gasteiger partial charge in [0.2, 0.25) is 0 Å². The van der Waals surface area contributed by atoms with Gasteiger partial charge in [0.15, 0.2) is 5.78 Å². The molecule has 0 spiro atoms. The fourth-order valence-corrected chi connectivity index (χ4v) is 4.51. The number of phenols is 1. The van der Waals surface area contributed by atoms with E-state index in [-0.39, 0.29) is 17.1 Å². The maximum atomic E-state index is 13.6. The summed E-state index contributed by atoms with van der Waals surface area (Å²) in [4.78, 5) is 13.6. The highest BCUT2D eigenvalue weighted by Crippen LogP contribution is 2.48. The lowest BCUT2D eigenvalue weighted by Crippen LogP contribution is -2.29. The lowest BCUT2D eigenvalue weighted by Gasteiger charge is -2.31. The summed E-state index contributed by atoms with van der Waals surface area (Å²) in [5.41, 5.74) is 3.57. The predicted octanol–water partition coefficient (Wildman–Crippen LogP) is 7.64. The van der Waals surface area contributed by atoms with E-state index in [1.54, 1.807) is 6.08 Å². The van der Waals surface area contributed by atoms with Crippen molar-refractivity contribution in [3.8, 4) is 17.2 Å². The van der Waals surface area contributed by atoms with Crippen molar-refractivity contribution in [1.29, 1.82) is 0 Å². The number of carbonyl (C=O) groups is 1. The Morgan fingerprint density at radius 2 is 1.50 bits per heavy atom. The zero-order valence-electron chi connectivity index (χ0n) is 21.6. The Kier molecular flexibility index (Phi) is 7.14. The first kappa shape index (κ1) is 25.1. The molecule has 0 atom stereocenters. The number of aromatic hydroxyl groups is 1. The molecular formula is C34H30O4. The van der Waals surface area contributed by atoms with Crippen molar-refractivity contribution in [2.45, 2.75) is 32.5 Å². The van der Waals surface area contributed by atoms with E-state index in [0.717, 1.165) is 16.7 Å². The van der Waals surface area contributed by atoms with Crippen molar-refractivity contribution in [2.24, 2.45) is 0 Å². The zero-order valence-corrected chi connectivity index (χ0v) is 21.6. The van der Waals surface area contributed by atoms with Crippen LogP contribution in [0.5, 0.6) is 17.2 Å². The van der Waals surface area contributed by atoms with Crippen molar-refractivity contribution in [1.82, 2.24) is 0 Å². The van der Waals surface area contributed by atoms with E-state index >= 15 is 0 Å². The van der Waals surface area contributed by atoms with Crippen LogP contribution in [0.15, 0.2) is 103 Å². The number of hydrogen-bond acceptors (Lipinski definition) is 4. The Bertz CT molecular complexity index is 1480. The van der Waals surface area contributed by atoms with Crippen LogP contribution in [-0.2, 0) is 13.0 Å². The van der Waals surface area contributed by atoms with Crippen LogP contribution in [0.1, 0.15) is 52.0 Å². The molecule has 1 N–H and O–H groups in total. The van der Waals surface area contributed by atoms with E-state index in [1.165, 1.54) is 6.08 Å². The van der Waals surface area contributed by atoms with Gasteiger partial charge in [0.25, 0.3) is 0 Å². The van der Waals surface area contributed by atoms with Gasteiger partial charge >= 0.3 is 0 Å². The molecular weight excluding hydrogens is 472 g/mol. The van der Waals surface area contributed by atoms with Crippen LogP contribution in [0.3, 0.4) is 0 Å². The number of phenolic OH excluding ortho intramolecular Hbond substituents is 1. The number of fused-ring (bicyclic) bond motifs is 1. The molecule has 0 radical (unpaired) electrons. The van der Waals surface area contributed by atoms with Crippen LogP contribution in [0.25, 0.3) is 12.2 Å². The van der Waals surface area contributed by atoms with Crippen LogP contribution in [0.4, 0.5) is 0 Å². The van der Waals surface area contributed by atoms with Gasteiger partial charge in [-0.2, -0.15) is 0 Å². The van der Waals surface area contributed by atoms with Gasteiger partial charge in [0.05, 0.1) is 5.56 Å². The van der Waals surface area contributed by atoms with E-state index in [9.17, 15) is 9.90 Å². The van der Waals surface area contributed by atoms with E-state index in [1.807, 2.05) is 117 Å². The van der Waals surface area contributed by atoms with Gasteiger partial charge in [0, 0.05) is 12.0 Å². The highest BCUT2D eigenvalue weighted by Gasteiger charge is 2.33. The summed E-state index contributed by atoms with van der Waals surface area (Å²) in [6, 6.07) is 29.3. The van der Waals surface area contributed by atoms with E-state index in [4.69, 9.17) is 9.47 Å². The standard InChI is InChI=1S/C34H30O4/c1-34(2)21-20-27-32(37-23-26-16-10-5-11-17-26)28(22-25-14-8-4-9-15-25)31(36)30(33(27)38-34)29(35)19-18-24-12-6-3-7-13-24/h3-21,36H,22-23H2,1-2H3/b19-18+. The van der Waals surface area contributed by atoms with E-state index in [2.05, 4.69) is 0 Å². The monoisotopic (exact) mass is 502 g/mol. The summed E-state index contributed by atoms with van der Waals surface area (Å²) >= 11 is 0. The van der Waals surface area contributed by atoms with Gasteiger partial charge in [-0.25, -0.2) is 0 Å². The number of rotatable bonds is 8. The number of hydrogen-bond donors (Lipinski definition) is 1. The largest absolute Gasteiger partial charge is 0.507 e. The predicted molar refractivity (Wildman–Crippen MR) is 152 cm³/mol. The number of benzene rings is 4. The molecule has 1 heterocycles. The van der Waals surface area contributed by atoms with Gasteiger partial charge in [-0.05, 0) is 48.8 Å². The van der Waals surface area contributed by atoms with Crippen LogP contribution in [0.2, 0.25) is 0 Å². The van der Waals surface area contributed by atoms with Crippen LogP contribution >= 0.6 is 0 Å². The molecule has 0 aliphatic carbocycles. The Morgan fingerprint density at radius 1 is 0.895 bits per heavy atom. The van der Waals surface area contributed by atoms with Crippen molar-refractivity contribution < 1.29 is 19.4 Å². The summed E-state index contributed by atoms with van der Waals surface area (Å²) in [5.74, 6) is 0.389. The average molecular weight is 503 g/mol. The van der Waals surface area contributed by atoms with Gasteiger partial charge in [-0.3, -0.25) is 4.79 Å². The lowest BCUT2D eigenvalue weighted by atomic mass is 9.90. The normalized spacial score (nSPS) is 13.6. The molecule has 0 saturated carbocycles. The molecule has 5 rings (SSSR count). The maximum Gasteiger partial charge on any atom is 0.193 e. The molecule has 1 aliphatic heterocycles. The highest BCUT2D eigenvalue weighted by molar-refractivity contribution is 6.12. The fraction of sp³-hybridized carbons (Fsp3) is 0.147. The summed E-state index contributed by atoms with van der Waals surface area (Å²) in [5, 5.41) is 11.7. The Balaban J connectivity index is 1.65. The molecule has 4 aromatic carbocycles. The number of ether oxygens (including phenoxy) is 2. The molecule has 1 aliphatic rings. The minimum atomic E-state index is -0.657. The van der Waals surface area contributed by atoms with Gasteiger partial charge in [0.1, 0.15) is 35.0 Å². The second-order valence-electron chi connectivity index (χ2n) is 9.86. The van der Waals surface area contributed by atoms with Crippen molar-refractivity contribution in [2.75, 3.05) is 0 Å². The average Bonchev–Trinajstić information content (AvgIpc) is 2.93. The number of allylic oxidation sites excluding steroid dienone is 1. The third-order valence-electron chi connectivity index (χ3n) is 6.45. The molecule has 0 bridgehead atoms. The fourth-order valence-electron chi connectivity index (χ4n) is 4.51. The van der Waals surface area contributed by atoms with Crippen LogP contribution in [0, 0.1) is 0 Å². The van der Waals surface area contributed by atoms with Gasteiger partial charge < -0.3 is 14.6 Å². The third kappa shape index (κ3) is 5.55. The minimum absolute atomic E-state index is 0.121. The molecule has 0 fully saturated rings. The zero-order chi connectivity index (χ0) is 26.5. The molecule has 0 aromatic heterocycles. The molecule has 4 aromatic rings. The second-order valence-corrected chi connectivity index (χ2v) is 9.86.